The first-order valence-corrected chi connectivity index (χ1v) is 8.80. The minimum atomic E-state index is -3.45. The number of ether oxygens (including phenoxy) is 2. The van der Waals surface area contributed by atoms with E-state index in [1.165, 1.54) is 12.3 Å². The predicted molar refractivity (Wildman–Crippen MR) is 78.2 cm³/mol. The summed E-state index contributed by atoms with van der Waals surface area (Å²) in [5, 5.41) is 0. The Bertz CT molecular complexity index is 501. The van der Waals surface area contributed by atoms with E-state index in [2.05, 4.69) is 9.71 Å². The third kappa shape index (κ3) is 5.70. The average Bonchev–Trinajstić information content (AvgIpc) is 2.52. The van der Waals surface area contributed by atoms with Crippen LogP contribution in [0.25, 0.3) is 0 Å². The van der Waals surface area contributed by atoms with Gasteiger partial charge in [-0.3, -0.25) is 4.98 Å². The van der Waals surface area contributed by atoms with Gasteiger partial charge in [0.15, 0.2) is 6.29 Å². The highest BCUT2D eigenvalue weighted by molar-refractivity contribution is 7.89. The van der Waals surface area contributed by atoms with Gasteiger partial charge in [0.05, 0.1) is 0 Å². The summed E-state index contributed by atoms with van der Waals surface area (Å²) < 4.78 is 37.4. The van der Waals surface area contributed by atoms with Crippen LogP contribution in [0.2, 0.25) is 0 Å². The van der Waals surface area contributed by atoms with Crippen LogP contribution in [0.1, 0.15) is 32.1 Å². The summed E-state index contributed by atoms with van der Waals surface area (Å²) in [5.41, 5.74) is 0. The van der Waals surface area contributed by atoms with Crippen LogP contribution >= 0.6 is 0 Å². The molecule has 1 unspecified atom stereocenters. The highest BCUT2D eigenvalue weighted by Crippen LogP contribution is 2.14. The molecule has 2 heterocycles. The topological polar surface area (TPSA) is 77.5 Å². The van der Waals surface area contributed by atoms with Gasteiger partial charge in [-0.25, -0.2) is 13.1 Å². The number of pyridine rings is 1. The molecule has 1 aliphatic rings. The van der Waals surface area contributed by atoms with E-state index in [0.717, 1.165) is 38.7 Å². The van der Waals surface area contributed by atoms with E-state index in [-0.39, 0.29) is 11.2 Å². The summed E-state index contributed by atoms with van der Waals surface area (Å²) in [6.45, 7) is 1.76. The van der Waals surface area contributed by atoms with E-state index in [4.69, 9.17) is 9.47 Å². The summed E-state index contributed by atoms with van der Waals surface area (Å²) in [6, 6.07) is 3.13. The molecule has 1 atom stereocenters. The van der Waals surface area contributed by atoms with Crippen LogP contribution in [0.4, 0.5) is 0 Å². The van der Waals surface area contributed by atoms with Crippen molar-refractivity contribution in [2.45, 2.75) is 43.3 Å². The van der Waals surface area contributed by atoms with E-state index in [0.29, 0.717) is 13.2 Å². The molecule has 0 saturated carbocycles. The highest BCUT2D eigenvalue weighted by atomic mass is 32.2. The van der Waals surface area contributed by atoms with E-state index in [1.807, 2.05) is 0 Å². The van der Waals surface area contributed by atoms with Gasteiger partial charge in [0.2, 0.25) is 10.0 Å². The maximum absolute atomic E-state index is 11.9. The van der Waals surface area contributed by atoms with Crippen molar-refractivity contribution in [1.82, 2.24) is 9.71 Å². The molecule has 6 nitrogen and oxygen atoms in total. The molecule has 1 aliphatic heterocycles. The Morgan fingerprint density at radius 3 is 3.00 bits per heavy atom. The van der Waals surface area contributed by atoms with Gasteiger partial charge in [-0.2, -0.15) is 0 Å². The summed E-state index contributed by atoms with van der Waals surface area (Å²) >= 11 is 0. The second kappa shape index (κ2) is 8.43. The van der Waals surface area contributed by atoms with Gasteiger partial charge in [-0.1, -0.05) is 0 Å². The second-order valence-corrected chi connectivity index (χ2v) is 6.73. The molecule has 1 N–H and O–H groups in total. The van der Waals surface area contributed by atoms with Crippen molar-refractivity contribution in [2.24, 2.45) is 0 Å². The van der Waals surface area contributed by atoms with E-state index < -0.39 is 10.0 Å². The minimum absolute atomic E-state index is 0.0779. The molecule has 1 aromatic heterocycles. The zero-order valence-electron chi connectivity index (χ0n) is 12.0. The molecule has 0 aliphatic carbocycles. The van der Waals surface area contributed by atoms with Crippen molar-refractivity contribution in [3.63, 3.8) is 0 Å². The van der Waals surface area contributed by atoms with Gasteiger partial charge >= 0.3 is 0 Å². The van der Waals surface area contributed by atoms with Crippen molar-refractivity contribution in [2.75, 3.05) is 19.8 Å². The zero-order valence-corrected chi connectivity index (χ0v) is 12.8. The number of hydrogen-bond donors (Lipinski definition) is 1. The van der Waals surface area contributed by atoms with Crippen molar-refractivity contribution in [1.29, 1.82) is 0 Å². The fraction of sp³-hybridized carbons (Fsp3) is 0.643. The third-order valence-electron chi connectivity index (χ3n) is 3.25. The van der Waals surface area contributed by atoms with E-state index in [1.54, 1.807) is 12.3 Å². The lowest BCUT2D eigenvalue weighted by Crippen LogP contribution is -2.26. The molecule has 0 radical (unpaired) electrons. The average molecular weight is 314 g/mol. The summed E-state index contributed by atoms with van der Waals surface area (Å²) in [5.74, 6) is 0. The summed E-state index contributed by atoms with van der Waals surface area (Å²) in [7, 11) is -3.45. The minimum Gasteiger partial charge on any atom is -0.353 e. The first kappa shape index (κ1) is 16.4. The monoisotopic (exact) mass is 314 g/mol. The van der Waals surface area contributed by atoms with Crippen LogP contribution in [0.5, 0.6) is 0 Å². The predicted octanol–water partition coefficient (Wildman–Crippen LogP) is 1.68. The Kier molecular flexibility index (Phi) is 6.56. The SMILES string of the molecule is O=S(=O)(NCCCCOC1CCCCO1)c1cccnc1. The van der Waals surface area contributed by atoms with E-state index >= 15 is 0 Å². The molecule has 118 valence electrons. The van der Waals surface area contributed by atoms with Crippen LogP contribution in [-0.4, -0.2) is 39.5 Å². The normalized spacial score (nSPS) is 19.5. The molecule has 2 rings (SSSR count). The summed E-state index contributed by atoms with van der Waals surface area (Å²) in [6.07, 6.45) is 7.54. The van der Waals surface area contributed by atoms with Gasteiger partial charge in [0.1, 0.15) is 4.90 Å². The smallest absolute Gasteiger partial charge is 0.242 e. The van der Waals surface area contributed by atoms with Crippen LogP contribution in [0.3, 0.4) is 0 Å². The van der Waals surface area contributed by atoms with Crippen molar-refractivity contribution >= 4 is 10.0 Å². The number of unbranched alkanes of at least 4 members (excludes halogenated alkanes) is 1. The molecule has 1 aromatic rings. The molecule has 1 saturated heterocycles. The third-order valence-corrected chi connectivity index (χ3v) is 4.70. The first-order chi connectivity index (χ1) is 10.2. The van der Waals surface area contributed by atoms with Crippen LogP contribution in [0, 0.1) is 0 Å². The van der Waals surface area contributed by atoms with Crippen molar-refractivity contribution in [3.8, 4) is 0 Å². The molecule has 21 heavy (non-hydrogen) atoms. The van der Waals surface area contributed by atoms with E-state index in [9.17, 15) is 8.42 Å². The molecule has 7 heteroatoms. The Morgan fingerprint density at radius 2 is 2.29 bits per heavy atom. The Balaban J connectivity index is 1.59. The molecule has 0 amide bonds. The molecule has 0 bridgehead atoms. The van der Waals surface area contributed by atoms with Gasteiger partial charge in [0, 0.05) is 32.2 Å². The number of rotatable bonds is 8. The van der Waals surface area contributed by atoms with Crippen LogP contribution in [0.15, 0.2) is 29.4 Å². The number of aromatic nitrogens is 1. The fourth-order valence-electron chi connectivity index (χ4n) is 2.08. The van der Waals surface area contributed by atoms with Gasteiger partial charge in [0.25, 0.3) is 0 Å². The maximum Gasteiger partial charge on any atom is 0.242 e. The fourth-order valence-corrected chi connectivity index (χ4v) is 3.12. The summed E-state index contributed by atoms with van der Waals surface area (Å²) in [4.78, 5) is 4.00. The molecule has 0 aromatic carbocycles. The number of nitrogens with one attached hydrogen (secondary N) is 1. The van der Waals surface area contributed by atoms with Gasteiger partial charge < -0.3 is 9.47 Å². The number of hydrogen-bond acceptors (Lipinski definition) is 5. The van der Waals surface area contributed by atoms with Crippen molar-refractivity contribution < 1.29 is 17.9 Å². The first-order valence-electron chi connectivity index (χ1n) is 7.31. The second-order valence-electron chi connectivity index (χ2n) is 4.96. The van der Waals surface area contributed by atoms with Gasteiger partial charge in [-0.15, -0.1) is 0 Å². The van der Waals surface area contributed by atoms with Gasteiger partial charge in [-0.05, 0) is 44.2 Å². The van der Waals surface area contributed by atoms with Crippen LogP contribution in [-0.2, 0) is 19.5 Å². The molecule has 0 spiro atoms. The number of sulfonamides is 1. The Hall–Kier alpha value is -1.02. The number of nitrogens with zero attached hydrogens (tertiary/aromatic N) is 1. The van der Waals surface area contributed by atoms with Crippen molar-refractivity contribution in [3.05, 3.63) is 24.5 Å². The Labute approximate surface area is 125 Å². The Morgan fingerprint density at radius 1 is 1.38 bits per heavy atom. The lowest BCUT2D eigenvalue weighted by molar-refractivity contribution is -0.162. The maximum atomic E-state index is 11.9. The largest absolute Gasteiger partial charge is 0.353 e. The highest BCUT2D eigenvalue weighted by Gasteiger charge is 2.14. The zero-order chi connectivity index (χ0) is 15.0. The molecule has 1 fully saturated rings. The lowest BCUT2D eigenvalue weighted by Gasteiger charge is -2.22. The lowest BCUT2D eigenvalue weighted by atomic mass is 10.2. The molecular weight excluding hydrogens is 292 g/mol. The van der Waals surface area contributed by atoms with Crippen LogP contribution < -0.4 is 4.72 Å². The standard InChI is InChI=1S/C14H22N2O4S/c17-21(18,13-6-5-8-15-12-13)16-9-2-4-11-20-14-7-1-3-10-19-14/h5-6,8,12,14,16H,1-4,7,9-11H2. The molecular formula is C14H22N2O4S. The quantitative estimate of drug-likeness (QED) is 0.739.